The van der Waals surface area contributed by atoms with Gasteiger partial charge in [0.25, 0.3) is 0 Å². The molecule has 4 unspecified atom stereocenters. The maximum Gasteiger partial charge on any atom is 0.328 e. The fourth-order valence-corrected chi connectivity index (χ4v) is 6.30. The molecule has 2 fully saturated rings. The van der Waals surface area contributed by atoms with Crippen molar-refractivity contribution in [1.29, 1.82) is 0 Å². The van der Waals surface area contributed by atoms with E-state index in [1.807, 2.05) is 13.8 Å². The Balaban J connectivity index is 1.53. The zero-order valence-corrected chi connectivity index (χ0v) is 22.9. The van der Waals surface area contributed by atoms with Gasteiger partial charge in [-0.25, -0.2) is 4.79 Å². The summed E-state index contributed by atoms with van der Waals surface area (Å²) in [7, 11) is 0. The lowest BCUT2D eigenvalue weighted by Crippen LogP contribution is -2.61. The summed E-state index contributed by atoms with van der Waals surface area (Å²) < 4.78 is 5.34. The van der Waals surface area contributed by atoms with Gasteiger partial charge in [-0.05, 0) is 54.9 Å². The van der Waals surface area contributed by atoms with Crippen molar-refractivity contribution in [2.24, 2.45) is 29.4 Å². The van der Waals surface area contributed by atoms with Crippen molar-refractivity contribution in [3.8, 4) is 5.75 Å². The van der Waals surface area contributed by atoms with Gasteiger partial charge in [0.15, 0.2) is 5.78 Å². The molecule has 0 aromatic heterocycles. The highest BCUT2D eigenvalue weighted by Gasteiger charge is 2.39. The lowest BCUT2D eigenvalue weighted by Gasteiger charge is -2.41. The molecule has 7 nitrogen and oxygen atoms in total. The Hall–Kier alpha value is -1.90. The molecule has 1 saturated heterocycles. The number of ketones is 1. The fraction of sp³-hybridized carbons (Fsp3) is 0.679. The van der Waals surface area contributed by atoms with Crippen LogP contribution in [0.2, 0.25) is 0 Å². The van der Waals surface area contributed by atoms with E-state index >= 15 is 0 Å². The monoisotopic (exact) mass is 517 g/mol. The zero-order valence-electron chi connectivity index (χ0n) is 22.1. The summed E-state index contributed by atoms with van der Waals surface area (Å²) in [5, 5.41) is 6.70. The highest BCUT2D eigenvalue weighted by atomic mass is 32.2. The quantitative estimate of drug-likeness (QED) is 0.225. The van der Waals surface area contributed by atoms with Crippen LogP contribution < -0.4 is 21.1 Å². The number of hydrogen-bond donors (Lipinski definition) is 3. The second-order valence-corrected chi connectivity index (χ2v) is 12.2. The Kier molecular flexibility index (Phi) is 10.8. The molecule has 0 bridgehead atoms. The topological polar surface area (TPSA) is 111 Å². The number of nitrogens with two attached hydrogens (primary N) is 1. The normalized spacial score (nSPS) is 24.0. The van der Waals surface area contributed by atoms with Gasteiger partial charge in [-0.15, -0.1) is 11.8 Å². The zero-order chi connectivity index (χ0) is 26.2. The fourth-order valence-electron chi connectivity index (χ4n) is 5.35. The van der Waals surface area contributed by atoms with Gasteiger partial charge in [0.2, 0.25) is 5.91 Å². The first-order valence-electron chi connectivity index (χ1n) is 13.4. The second-order valence-electron chi connectivity index (χ2n) is 11.1. The molecule has 1 heterocycles. The third-order valence-electron chi connectivity index (χ3n) is 7.21. The number of carbonyl (C=O) groups excluding carboxylic acids is 3. The van der Waals surface area contributed by atoms with Gasteiger partial charge in [-0.3, -0.25) is 14.9 Å². The minimum Gasteiger partial charge on any atom is -0.425 e. The largest absolute Gasteiger partial charge is 0.425 e. The van der Waals surface area contributed by atoms with E-state index in [9.17, 15) is 14.4 Å². The number of nitrogens with one attached hydrogen (secondary N) is 2. The highest BCUT2D eigenvalue weighted by Crippen LogP contribution is 2.33. The summed E-state index contributed by atoms with van der Waals surface area (Å²) in [6.07, 6.45) is 7.95. The molecule has 0 radical (unpaired) electrons. The number of carbonyl (C=O) groups is 3. The standard InChI is InChI=1S/C28H43N3O4S/c1-17(2)14-22(29)27(34)35-21-12-10-20(11-13-21)24(32)16-36-28-30-23(15-19-8-6-5-7-9-19)25(18(3)4)26(33)31-28/h10-13,17-19,22-23,25,28,30H,5-9,14-16,29H2,1-4H3,(H,31,33). The van der Waals surface area contributed by atoms with E-state index in [1.165, 1.54) is 43.9 Å². The van der Waals surface area contributed by atoms with Crippen LogP contribution in [-0.4, -0.2) is 41.0 Å². The maximum absolute atomic E-state index is 12.9. The average Bonchev–Trinajstić information content (AvgIpc) is 2.82. The maximum atomic E-state index is 12.9. The van der Waals surface area contributed by atoms with E-state index in [0.717, 1.165) is 6.42 Å². The third kappa shape index (κ3) is 8.32. The van der Waals surface area contributed by atoms with E-state index in [1.54, 1.807) is 24.3 Å². The molecule has 4 atom stereocenters. The van der Waals surface area contributed by atoms with E-state index in [2.05, 4.69) is 24.5 Å². The highest BCUT2D eigenvalue weighted by molar-refractivity contribution is 8.00. The first kappa shape index (κ1) is 28.7. The van der Waals surface area contributed by atoms with Gasteiger partial charge in [0.05, 0.1) is 11.7 Å². The molecule has 4 N–H and O–H groups in total. The van der Waals surface area contributed by atoms with Crippen molar-refractivity contribution in [2.75, 3.05) is 5.75 Å². The first-order chi connectivity index (χ1) is 17.1. The minimum absolute atomic E-state index is 0.0414. The number of Topliss-reactive ketones (excluding diaryl/α,β-unsaturated/α-hetero) is 1. The molecule has 200 valence electrons. The molecule has 2 aliphatic rings. The van der Waals surface area contributed by atoms with E-state index < -0.39 is 12.0 Å². The van der Waals surface area contributed by atoms with Gasteiger partial charge >= 0.3 is 5.97 Å². The second kappa shape index (κ2) is 13.6. The van der Waals surface area contributed by atoms with E-state index in [4.69, 9.17) is 10.5 Å². The molecule has 8 heteroatoms. The van der Waals surface area contributed by atoms with Gasteiger partial charge in [-0.2, -0.15) is 0 Å². The van der Waals surface area contributed by atoms with Crippen molar-refractivity contribution >= 4 is 29.4 Å². The van der Waals surface area contributed by atoms with Gasteiger partial charge in [0.1, 0.15) is 17.3 Å². The first-order valence-corrected chi connectivity index (χ1v) is 14.5. The van der Waals surface area contributed by atoms with Gasteiger partial charge < -0.3 is 15.8 Å². The third-order valence-corrected chi connectivity index (χ3v) is 8.23. The van der Waals surface area contributed by atoms with Crippen LogP contribution in [0.25, 0.3) is 0 Å². The van der Waals surface area contributed by atoms with Crippen LogP contribution in [0.5, 0.6) is 5.75 Å². The Morgan fingerprint density at radius 1 is 1.08 bits per heavy atom. The van der Waals surface area contributed by atoms with Crippen LogP contribution in [0.4, 0.5) is 0 Å². The number of thioether (sulfide) groups is 1. The number of amides is 1. The van der Waals surface area contributed by atoms with Crippen LogP contribution >= 0.6 is 11.8 Å². The molecule has 0 spiro atoms. The number of esters is 1. The van der Waals surface area contributed by atoms with Crippen molar-refractivity contribution in [2.45, 2.75) is 90.2 Å². The van der Waals surface area contributed by atoms with E-state index in [0.29, 0.717) is 29.6 Å². The van der Waals surface area contributed by atoms with Crippen LogP contribution in [0, 0.1) is 23.7 Å². The summed E-state index contributed by atoms with van der Waals surface area (Å²) in [4.78, 5) is 37.9. The Bertz CT molecular complexity index is 883. The Morgan fingerprint density at radius 2 is 1.75 bits per heavy atom. The molecule has 1 amide bonds. The Labute approximate surface area is 220 Å². The van der Waals surface area contributed by atoms with Crippen molar-refractivity contribution in [3.05, 3.63) is 29.8 Å². The molecule has 36 heavy (non-hydrogen) atoms. The molecule has 1 aliphatic heterocycles. The molecule has 1 aromatic rings. The van der Waals surface area contributed by atoms with Crippen LogP contribution in [0.3, 0.4) is 0 Å². The molecule has 1 aliphatic carbocycles. The van der Waals surface area contributed by atoms with Crippen LogP contribution in [-0.2, 0) is 9.59 Å². The predicted octanol–water partition coefficient (Wildman–Crippen LogP) is 4.50. The number of ether oxygens (including phenoxy) is 1. The van der Waals surface area contributed by atoms with Crippen LogP contribution in [0.15, 0.2) is 24.3 Å². The van der Waals surface area contributed by atoms with Crippen molar-refractivity contribution < 1.29 is 19.1 Å². The van der Waals surface area contributed by atoms with Gasteiger partial charge in [0, 0.05) is 11.6 Å². The Morgan fingerprint density at radius 3 is 2.36 bits per heavy atom. The SMILES string of the molecule is CC(C)CC(N)C(=O)Oc1ccc(C(=O)CSC2NC(=O)C(C(C)C)C(CC3CCCCC3)N2)cc1. The summed E-state index contributed by atoms with van der Waals surface area (Å²) in [5.74, 6) is 1.34. The molecular weight excluding hydrogens is 474 g/mol. The van der Waals surface area contributed by atoms with E-state index in [-0.39, 0.29) is 40.8 Å². The molecule has 1 saturated carbocycles. The van der Waals surface area contributed by atoms with Crippen molar-refractivity contribution in [1.82, 2.24) is 10.6 Å². The summed E-state index contributed by atoms with van der Waals surface area (Å²) in [5.41, 5.74) is 6.14. The lowest BCUT2D eigenvalue weighted by molar-refractivity contribution is -0.136. The predicted molar refractivity (Wildman–Crippen MR) is 145 cm³/mol. The molecule has 1 aromatic carbocycles. The summed E-state index contributed by atoms with van der Waals surface area (Å²) in [6.45, 7) is 8.21. The van der Waals surface area contributed by atoms with Crippen LogP contribution in [0.1, 0.15) is 83.0 Å². The lowest BCUT2D eigenvalue weighted by atomic mass is 9.78. The summed E-state index contributed by atoms with van der Waals surface area (Å²) >= 11 is 1.41. The number of hydrogen-bond acceptors (Lipinski definition) is 7. The minimum atomic E-state index is -0.668. The molecule has 3 rings (SSSR count). The average molecular weight is 518 g/mol. The van der Waals surface area contributed by atoms with Gasteiger partial charge in [-0.1, -0.05) is 59.8 Å². The molecular formula is C28H43N3O4S. The smallest absolute Gasteiger partial charge is 0.328 e. The number of rotatable bonds is 11. The van der Waals surface area contributed by atoms with Crippen molar-refractivity contribution in [3.63, 3.8) is 0 Å². The number of benzene rings is 1. The summed E-state index contributed by atoms with van der Waals surface area (Å²) in [6, 6.07) is 6.02.